The van der Waals surface area contributed by atoms with Gasteiger partial charge in [0.25, 0.3) is 0 Å². The minimum Gasteiger partial charge on any atom is -0.487 e. The average Bonchev–Trinajstić information content (AvgIpc) is 2.98. The fourth-order valence-electron chi connectivity index (χ4n) is 1.45. The largest absolute Gasteiger partial charge is 0.487 e. The first-order chi connectivity index (χ1) is 7.67. The van der Waals surface area contributed by atoms with E-state index in [4.69, 9.17) is 32.7 Å². The normalized spacial score (nSPS) is 22.9. The smallest absolute Gasteiger partial charge is 0.156 e. The van der Waals surface area contributed by atoms with Crippen LogP contribution in [0.1, 0.15) is 6.42 Å². The molecule has 0 aliphatic carbocycles. The van der Waals surface area contributed by atoms with Crippen molar-refractivity contribution in [3.8, 4) is 5.75 Å². The van der Waals surface area contributed by atoms with E-state index in [1.54, 1.807) is 18.2 Å². The third-order valence-electron chi connectivity index (χ3n) is 2.47. The van der Waals surface area contributed by atoms with Crippen molar-refractivity contribution in [2.75, 3.05) is 13.2 Å². The van der Waals surface area contributed by atoms with Crippen molar-refractivity contribution in [2.24, 2.45) is 0 Å². The van der Waals surface area contributed by atoms with E-state index in [0.29, 0.717) is 29.0 Å². The molecule has 0 bridgehead atoms. The second-order valence-electron chi connectivity index (χ2n) is 3.80. The lowest BCUT2D eigenvalue weighted by molar-refractivity contribution is 0.191. The van der Waals surface area contributed by atoms with Crippen LogP contribution in [0.3, 0.4) is 0 Å². The van der Waals surface area contributed by atoms with E-state index in [-0.39, 0.29) is 5.60 Å². The van der Waals surface area contributed by atoms with Crippen molar-refractivity contribution >= 4 is 23.2 Å². The molecule has 1 atom stereocenters. The highest BCUT2D eigenvalue weighted by Gasteiger charge is 2.44. The van der Waals surface area contributed by atoms with E-state index >= 15 is 0 Å². The predicted molar refractivity (Wildman–Crippen MR) is 65.5 cm³/mol. The number of para-hydroxylation sites is 1. The molecular formula is C12H12Cl2O2. The van der Waals surface area contributed by atoms with Crippen LogP contribution in [0.25, 0.3) is 0 Å². The van der Waals surface area contributed by atoms with Crippen LogP contribution in [0.4, 0.5) is 0 Å². The van der Waals surface area contributed by atoms with E-state index in [1.165, 1.54) is 0 Å². The van der Waals surface area contributed by atoms with E-state index in [1.807, 2.05) is 6.08 Å². The topological polar surface area (TPSA) is 21.8 Å². The summed E-state index contributed by atoms with van der Waals surface area (Å²) in [4.78, 5) is 0. The van der Waals surface area contributed by atoms with E-state index < -0.39 is 0 Å². The van der Waals surface area contributed by atoms with Gasteiger partial charge in [-0.05, 0) is 18.6 Å². The van der Waals surface area contributed by atoms with Gasteiger partial charge in [-0.3, -0.25) is 0 Å². The first-order valence-electron chi connectivity index (χ1n) is 4.98. The Kier molecular flexibility index (Phi) is 3.43. The summed E-state index contributed by atoms with van der Waals surface area (Å²) in [6.07, 6.45) is 2.60. The van der Waals surface area contributed by atoms with Crippen LogP contribution in [0.2, 0.25) is 10.0 Å². The summed E-state index contributed by atoms with van der Waals surface area (Å²) in [7, 11) is 0. The number of hydrogen-bond donors (Lipinski definition) is 0. The second-order valence-corrected chi connectivity index (χ2v) is 4.62. The zero-order valence-corrected chi connectivity index (χ0v) is 10.2. The summed E-state index contributed by atoms with van der Waals surface area (Å²) in [6, 6.07) is 5.28. The van der Waals surface area contributed by atoms with Crippen LogP contribution in [0, 0.1) is 0 Å². The van der Waals surface area contributed by atoms with Crippen molar-refractivity contribution < 1.29 is 9.47 Å². The van der Waals surface area contributed by atoms with Crippen molar-refractivity contribution in [3.05, 3.63) is 40.9 Å². The lowest BCUT2D eigenvalue weighted by atomic mass is 10.1. The third-order valence-corrected chi connectivity index (χ3v) is 3.06. The quantitative estimate of drug-likeness (QED) is 0.593. The van der Waals surface area contributed by atoms with Gasteiger partial charge in [0.1, 0.15) is 12.2 Å². The molecule has 0 spiro atoms. The SMILES string of the molecule is C=CCC1(COc2c(Cl)cccc2Cl)CO1. The van der Waals surface area contributed by atoms with Crippen LogP contribution in [-0.4, -0.2) is 18.8 Å². The van der Waals surface area contributed by atoms with E-state index in [9.17, 15) is 0 Å². The predicted octanol–water partition coefficient (Wildman–Crippen LogP) is 3.72. The summed E-state index contributed by atoms with van der Waals surface area (Å²) in [6.45, 7) is 4.83. The maximum Gasteiger partial charge on any atom is 0.156 e. The maximum absolute atomic E-state index is 5.99. The zero-order chi connectivity index (χ0) is 11.6. The Bertz CT molecular complexity index is 380. The number of ether oxygens (including phenoxy) is 2. The molecule has 1 aliphatic rings. The molecule has 1 fully saturated rings. The highest BCUT2D eigenvalue weighted by atomic mass is 35.5. The van der Waals surface area contributed by atoms with Gasteiger partial charge in [0, 0.05) is 0 Å². The van der Waals surface area contributed by atoms with Gasteiger partial charge in [-0.1, -0.05) is 35.3 Å². The van der Waals surface area contributed by atoms with Crippen molar-refractivity contribution in [1.29, 1.82) is 0 Å². The molecule has 0 radical (unpaired) electrons. The lowest BCUT2D eigenvalue weighted by Gasteiger charge is -2.13. The summed E-state index contributed by atoms with van der Waals surface area (Å²) in [5.41, 5.74) is -0.218. The van der Waals surface area contributed by atoms with Gasteiger partial charge in [-0.15, -0.1) is 6.58 Å². The molecule has 1 saturated heterocycles. The van der Waals surface area contributed by atoms with Gasteiger partial charge < -0.3 is 9.47 Å². The van der Waals surface area contributed by atoms with Gasteiger partial charge in [0.15, 0.2) is 5.75 Å². The molecule has 0 N–H and O–H groups in total. The maximum atomic E-state index is 5.99. The molecule has 1 unspecified atom stereocenters. The number of hydrogen-bond acceptors (Lipinski definition) is 2. The number of epoxide rings is 1. The molecule has 0 saturated carbocycles. The Morgan fingerprint density at radius 1 is 1.44 bits per heavy atom. The number of rotatable bonds is 5. The number of benzene rings is 1. The molecule has 16 heavy (non-hydrogen) atoms. The average molecular weight is 259 g/mol. The Balaban J connectivity index is 2.02. The highest BCUT2D eigenvalue weighted by Crippen LogP contribution is 2.36. The van der Waals surface area contributed by atoms with Crippen LogP contribution >= 0.6 is 23.2 Å². The van der Waals surface area contributed by atoms with Gasteiger partial charge in [-0.2, -0.15) is 0 Å². The van der Waals surface area contributed by atoms with Gasteiger partial charge in [-0.25, -0.2) is 0 Å². The van der Waals surface area contributed by atoms with Gasteiger partial charge >= 0.3 is 0 Å². The van der Waals surface area contributed by atoms with E-state index in [2.05, 4.69) is 6.58 Å². The van der Waals surface area contributed by atoms with Crippen molar-refractivity contribution in [1.82, 2.24) is 0 Å². The molecule has 4 heteroatoms. The minimum atomic E-state index is -0.218. The molecule has 1 aromatic carbocycles. The van der Waals surface area contributed by atoms with E-state index in [0.717, 1.165) is 6.42 Å². The standard InChI is InChI=1S/C12H12Cl2O2/c1-2-6-12(8-16-12)7-15-11-9(13)4-3-5-10(11)14/h2-5H,1,6-8H2. The first-order valence-corrected chi connectivity index (χ1v) is 5.74. The fourth-order valence-corrected chi connectivity index (χ4v) is 1.96. The molecule has 86 valence electrons. The Morgan fingerprint density at radius 3 is 2.56 bits per heavy atom. The van der Waals surface area contributed by atoms with Crippen LogP contribution in [0.5, 0.6) is 5.75 Å². The molecular weight excluding hydrogens is 247 g/mol. The summed E-state index contributed by atoms with van der Waals surface area (Å²) in [5, 5.41) is 1.03. The number of halogens is 2. The molecule has 2 nitrogen and oxygen atoms in total. The molecule has 0 aromatic heterocycles. The molecule has 1 aliphatic heterocycles. The molecule has 0 amide bonds. The Morgan fingerprint density at radius 2 is 2.06 bits per heavy atom. The monoisotopic (exact) mass is 258 g/mol. The van der Waals surface area contributed by atoms with Crippen molar-refractivity contribution in [3.63, 3.8) is 0 Å². The Hall–Kier alpha value is -0.700. The molecule has 1 aromatic rings. The summed E-state index contributed by atoms with van der Waals surface area (Å²) in [5.74, 6) is 0.518. The summed E-state index contributed by atoms with van der Waals surface area (Å²) >= 11 is 12.0. The molecule has 2 rings (SSSR count). The summed E-state index contributed by atoms with van der Waals surface area (Å²) < 4.78 is 11.0. The second kappa shape index (κ2) is 4.66. The van der Waals surface area contributed by atoms with Crippen molar-refractivity contribution in [2.45, 2.75) is 12.0 Å². The fraction of sp³-hybridized carbons (Fsp3) is 0.333. The molecule has 1 heterocycles. The van der Waals surface area contributed by atoms with Crippen LogP contribution in [-0.2, 0) is 4.74 Å². The Labute approximate surface area is 105 Å². The van der Waals surface area contributed by atoms with Gasteiger partial charge in [0.2, 0.25) is 0 Å². The third kappa shape index (κ3) is 2.51. The van der Waals surface area contributed by atoms with Crippen LogP contribution in [0.15, 0.2) is 30.9 Å². The first kappa shape index (κ1) is 11.8. The lowest BCUT2D eigenvalue weighted by Crippen LogP contribution is -2.20. The zero-order valence-electron chi connectivity index (χ0n) is 8.71. The van der Waals surface area contributed by atoms with Crippen LogP contribution < -0.4 is 4.74 Å². The highest BCUT2D eigenvalue weighted by molar-refractivity contribution is 6.37. The minimum absolute atomic E-state index is 0.218. The van der Waals surface area contributed by atoms with Gasteiger partial charge in [0.05, 0.1) is 16.7 Å².